The van der Waals surface area contributed by atoms with E-state index in [4.69, 9.17) is 25.8 Å². The maximum Gasteiger partial charge on any atom is 0.224 e. The largest absolute Gasteiger partial charge is 0.493 e. The minimum Gasteiger partial charge on any atom is -0.493 e. The molecule has 0 saturated heterocycles. The lowest BCUT2D eigenvalue weighted by molar-refractivity contribution is -0.120. The van der Waals surface area contributed by atoms with Gasteiger partial charge < -0.3 is 19.5 Å². The highest BCUT2D eigenvalue weighted by Crippen LogP contribution is 2.36. The fraction of sp³-hybridized carbons (Fsp3) is 0.278. The molecular weight excluding hydrogens is 330 g/mol. The van der Waals surface area contributed by atoms with Gasteiger partial charge in [0, 0.05) is 5.02 Å². The van der Waals surface area contributed by atoms with Gasteiger partial charge in [0.2, 0.25) is 11.7 Å². The summed E-state index contributed by atoms with van der Waals surface area (Å²) in [5, 5.41) is 3.47. The number of benzene rings is 2. The van der Waals surface area contributed by atoms with E-state index in [-0.39, 0.29) is 5.91 Å². The minimum absolute atomic E-state index is 0.0708. The molecule has 0 fully saturated rings. The number of nitrogens with one attached hydrogen (secondary N) is 1. The summed E-state index contributed by atoms with van der Waals surface area (Å²) in [6.07, 6.45) is 0.305. The number of carbonyl (C=O) groups is 1. The van der Waals surface area contributed by atoms with Crippen LogP contribution in [0.15, 0.2) is 42.5 Å². The van der Waals surface area contributed by atoms with Crippen LogP contribution in [0.2, 0.25) is 5.02 Å². The van der Waals surface area contributed by atoms with E-state index in [1.54, 1.807) is 38.5 Å². The molecule has 1 N–H and O–H groups in total. The van der Waals surface area contributed by atoms with Gasteiger partial charge in [-0.3, -0.25) is 4.79 Å². The number of rotatable bonds is 8. The highest BCUT2D eigenvalue weighted by molar-refractivity contribution is 6.30. The Morgan fingerprint density at radius 1 is 1.04 bits per heavy atom. The molecule has 0 aromatic heterocycles. The lowest BCUT2D eigenvalue weighted by atomic mass is 10.1. The van der Waals surface area contributed by atoms with Crippen LogP contribution in [0.25, 0.3) is 0 Å². The SMILES string of the molecule is COc1cccc(OCCNC(=O)Cc2ccc(Cl)cc2)c1OC. The van der Waals surface area contributed by atoms with Crippen molar-refractivity contribution in [1.82, 2.24) is 5.32 Å². The molecule has 0 aliphatic heterocycles. The molecule has 6 heteroatoms. The van der Waals surface area contributed by atoms with Crippen molar-refractivity contribution in [3.63, 3.8) is 0 Å². The Morgan fingerprint density at radius 3 is 2.42 bits per heavy atom. The van der Waals surface area contributed by atoms with Gasteiger partial charge in [-0.15, -0.1) is 0 Å². The minimum atomic E-state index is -0.0708. The number of carbonyl (C=O) groups excluding carboxylic acids is 1. The number of hydrogen-bond donors (Lipinski definition) is 1. The summed E-state index contributed by atoms with van der Waals surface area (Å²) in [7, 11) is 3.12. The van der Waals surface area contributed by atoms with Crippen LogP contribution in [0, 0.1) is 0 Å². The lowest BCUT2D eigenvalue weighted by Crippen LogP contribution is -2.29. The summed E-state index contributed by atoms with van der Waals surface area (Å²) < 4.78 is 16.1. The molecule has 5 nitrogen and oxygen atoms in total. The van der Waals surface area contributed by atoms with Crippen molar-refractivity contribution in [3.05, 3.63) is 53.1 Å². The second-order valence-corrected chi connectivity index (χ2v) is 5.43. The maximum atomic E-state index is 11.9. The van der Waals surface area contributed by atoms with Crippen molar-refractivity contribution in [2.45, 2.75) is 6.42 Å². The van der Waals surface area contributed by atoms with Crippen molar-refractivity contribution in [1.29, 1.82) is 0 Å². The second kappa shape index (κ2) is 9.03. The van der Waals surface area contributed by atoms with Crippen molar-refractivity contribution < 1.29 is 19.0 Å². The first-order valence-corrected chi connectivity index (χ1v) is 7.86. The van der Waals surface area contributed by atoms with Gasteiger partial charge in [-0.2, -0.15) is 0 Å². The Morgan fingerprint density at radius 2 is 1.75 bits per heavy atom. The molecule has 2 rings (SSSR count). The zero-order chi connectivity index (χ0) is 17.4. The lowest BCUT2D eigenvalue weighted by Gasteiger charge is -2.13. The van der Waals surface area contributed by atoms with Crippen LogP contribution >= 0.6 is 11.6 Å². The Hall–Kier alpha value is -2.40. The molecule has 0 heterocycles. The van der Waals surface area contributed by atoms with Crippen molar-refractivity contribution >= 4 is 17.5 Å². The first-order valence-electron chi connectivity index (χ1n) is 7.49. The highest BCUT2D eigenvalue weighted by Gasteiger charge is 2.10. The van der Waals surface area contributed by atoms with Gasteiger partial charge >= 0.3 is 0 Å². The zero-order valence-electron chi connectivity index (χ0n) is 13.7. The summed E-state index contributed by atoms with van der Waals surface area (Å²) >= 11 is 5.82. The van der Waals surface area contributed by atoms with E-state index < -0.39 is 0 Å². The molecule has 0 aliphatic rings. The Balaban J connectivity index is 1.78. The molecule has 0 saturated carbocycles. The van der Waals surface area contributed by atoms with Gasteiger partial charge in [0.1, 0.15) is 6.61 Å². The molecule has 2 aromatic rings. The van der Waals surface area contributed by atoms with Crippen LogP contribution in [0.4, 0.5) is 0 Å². The molecule has 0 unspecified atom stereocenters. The van der Waals surface area contributed by atoms with E-state index in [1.165, 1.54) is 0 Å². The molecule has 0 aliphatic carbocycles. The van der Waals surface area contributed by atoms with Crippen LogP contribution in [0.3, 0.4) is 0 Å². The Kier molecular flexibility index (Phi) is 6.75. The van der Waals surface area contributed by atoms with E-state index in [1.807, 2.05) is 18.2 Å². The molecule has 0 spiro atoms. The van der Waals surface area contributed by atoms with E-state index in [0.717, 1.165) is 5.56 Å². The third-order valence-electron chi connectivity index (χ3n) is 3.33. The van der Waals surface area contributed by atoms with E-state index >= 15 is 0 Å². The van der Waals surface area contributed by atoms with Crippen molar-refractivity contribution in [2.24, 2.45) is 0 Å². The standard InChI is InChI=1S/C18H20ClNO4/c1-22-15-4-3-5-16(18(15)23-2)24-11-10-20-17(21)12-13-6-8-14(19)9-7-13/h3-9H,10-12H2,1-2H3,(H,20,21). The molecule has 2 aromatic carbocycles. The first-order chi connectivity index (χ1) is 11.6. The third kappa shape index (κ3) is 5.06. The third-order valence-corrected chi connectivity index (χ3v) is 3.58. The summed E-state index contributed by atoms with van der Waals surface area (Å²) in [6, 6.07) is 12.6. The topological polar surface area (TPSA) is 56.8 Å². The number of ether oxygens (including phenoxy) is 3. The molecule has 1 amide bonds. The van der Waals surface area contributed by atoms with E-state index in [2.05, 4.69) is 5.32 Å². The van der Waals surface area contributed by atoms with E-state index in [9.17, 15) is 4.79 Å². The summed E-state index contributed by atoms with van der Waals surface area (Å²) in [6.45, 7) is 0.725. The van der Waals surface area contributed by atoms with Gasteiger partial charge in [-0.25, -0.2) is 0 Å². The van der Waals surface area contributed by atoms with Crippen LogP contribution in [-0.4, -0.2) is 33.3 Å². The zero-order valence-corrected chi connectivity index (χ0v) is 14.4. The van der Waals surface area contributed by atoms with E-state index in [0.29, 0.717) is 41.8 Å². The molecular formula is C18H20ClNO4. The second-order valence-electron chi connectivity index (χ2n) is 4.99. The normalized spacial score (nSPS) is 10.1. The fourth-order valence-corrected chi connectivity index (χ4v) is 2.30. The first kappa shape index (κ1) is 17.9. The van der Waals surface area contributed by atoms with Crippen LogP contribution in [0.1, 0.15) is 5.56 Å². The van der Waals surface area contributed by atoms with Crippen LogP contribution in [0.5, 0.6) is 17.2 Å². The number of halogens is 1. The molecule has 128 valence electrons. The summed E-state index contributed by atoms with van der Waals surface area (Å²) in [4.78, 5) is 11.9. The molecule has 24 heavy (non-hydrogen) atoms. The van der Waals surface area contributed by atoms with Crippen LogP contribution in [-0.2, 0) is 11.2 Å². The van der Waals surface area contributed by atoms with Gasteiger partial charge in [0.15, 0.2) is 11.5 Å². The number of para-hydroxylation sites is 1. The van der Waals surface area contributed by atoms with Crippen molar-refractivity contribution in [3.8, 4) is 17.2 Å². The predicted octanol–water partition coefficient (Wildman–Crippen LogP) is 3.09. The van der Waals surface area contributed by atoms with Gasteiger partial charge in [-0.1, -0.05) is 29.8 Å². The quantitative estimate of drug-likeness (QED) is 0.744. The molecule has 0 bridgehead atoms. The Bertz CT molecular complexity index is 673. The van der Waals surface area contributed by atoms with Gasteiger partial charge in [0.25, 0.3) is 0 Å². The number of hydrogen-bond acceptors (Lipinski definition) is 4. The summed E-state index contributed by atoms with van der Waals surface area (Å²) in [5.74, 6) is 1.64. The van der Waals surface area contributed by atoms with Crippen LogP contribution < -0.4 is 19.5 Å². The number of amides is 1. The highest BCUT2D eigenvalue weighted by atomic mass is 35.5. The fourth-order valence-electron chi connectivity index (χ4n) is 2.17. The van der Waals surface area contributed by atoms with Gasteiger partial charge in [-0.05, 0) is 29.8 Å². The Labute approximate surface area is 146 Å². The molecule has 0 radical (unpaired) electrons. The maximum absolute atomic E-state index is 11.9. The average Bonchev–Trinajstić information content (AvgIpc) is 2.60. The smallest absolute Gasteiger partial charge is 0.224 e. The predicted molar refractivity (Wildman–Crippen MR) is 93.2 cm³/mol. The average molecular weight is 350 g/mol. The summed E-state index contributed by atoms with van der Waals surface area (Å²) in [5.41, 5.74) is 0.910. The van der Waals surface area contributed by atoms with Gasteiger partial charge in [0.05, 0.1) is 27.2 Å². The monoisotopic (exact) mass is 349 g/mol. The number of methoxy groups -OCH3 is 2. The van der Waals surface area contributed by atoms with Crippen molar-refractivity contribution in [2.75, 3.05) is 27.4 Å². The molecule has 0 atom stereocenters.